The molecule has 122 valence electrons. The van der Waals surface area contributed by atoms with Crippen molar-refractivity contribution in [3.8, 4) is 28.0 Å². The van der Waals surface area contributed by atoms with Crippen molar-refractivity contribution in [3.63, 3.8) is 0 Å². The number of methoxy groups -OCH3 is 1. The van der Waals surface area contributed by atoms with E-state index in [2.05, 4.69) is 81.4 Å². The van der Waals surface area contributed by atoms with Crippen LogP contribution in [0.4, 0.5) is 0 Å². The number of ether oxygens (including phenoxy) is 1. The number of hydrogen-bond acceptors (Lipinski definition) is 1. The van der Waals surface area contributed by atoms with Crippen LogP contribution in [-0.2, 0) is 5.41 Å². The summed E-state index contributed by atoms with van der Waals surface area (Å²) < 4.78 is 5.30. The fourth-order valence-electron chi connectivity index (χ4n) is 3.02. The van der Waals surface area contributed by atoms with Gasteiger partial charge in [0.05, 0.1) is 7.11 Å². The first kappa shape index (κ1) is 16.3. The van der Waals surface area contributed by atoms with E-state index in [1.165, 1.54) is 27.8 Å². The Morgan fingerprint density at radius 3 is 1.88 bits per heavy atom. The van der Waals surface area contributed by atoms with Gasteiger partial charge in [0, 0.05) is 0 Å². The van der Waals surface area contributed by atoms with Gasteiger partial charge in [0.1, 0.15) is 5.75 Å². The fourth-order valence-corrected chi connectivity index (χ4v) is 3.02. The topological polar surface area (TPSA) is 9.23 Å². The molecule has 24 heavy (non-hydrogen) atoms. The summed E-state index contributed by atoms with van der Waals surface area (Å²) in [7, 11) is 1.70. The molecule has 0 N–H and O–H groups in total. The molecular formula is C23H24O. The lowest BCUT2D eigenvalue weighted by Gasteiger charge is -2.24. The Kier molecular flexibility index (Phi) is 4.44. The number of benzene rings is 3. The molecule has 0 radical (unpaired) electrons. The van der Waals surface area contributed by atoms with E-state index in [0.29, 0.717) is 0 Å². The summed E-state index contributed by atoms with van der Waals surface area (Å²) in [6.07, 6.45) is 0. The Hall–Kier alpha value is -2.54. The third-order valence-corrected chi connectivity index (χ3v) is 4.34. The molecule has 0 spiro atoms. The zero-order valence-corrected chi connectivity index (χ0v) is 14.8. The van der Waals surface area contributed by atoms with Crippen LogP contribution in [0, 0.1) is 0 Å². The maximum atomic E-state index is 5.30. The van der Waals surface area contributed by atoms with Gasteiger partial charge in [0.15, 0.2) is 0 Å². The maximum absolute atomic E-state index is 5.30. The standard InChI is InChI=1S/C23H24O/c1-23(2,3)22-15-12-19(17-8-6-5-7-9-17)16-21(22)18-10-13-20(24-4)14-11-18/h5-16H,1-4H3. The highest BCUT2D eigenvalue weighted by atomic mass is 16.5. The van der Waals surface area contributed by atoms with Gasteiger partial charge in [-0.15, -0.1) is 0 Å². The quantitative estimate of drug-likeness (QED) is 0.549. The summed E-state index contributed by atoms with van der Waals surface area (Å²) >= 11 is 0. The fraction of sp³-hybridized carbons (Fsp3) is 0.217. The smallest absolute Gasteiger partial charge is 0.118 e. The lowest BCUT2D eigenvalue weighted by molar-refractivity contribution is 0.415. The van der Waals surface area contributed by atoms with Crippen molar-refractivity contribution in [1.29, 1.82) is 0 Å². The third kappa shape index (κ3) is 3.35. The van der Waals surface area contributed by atoms with Crippen molar-refractivity contribution in [1.82, 2.24) is 0 Å². The zero-order chi connectivity index (χ0) is 17.2. The van der Waals surface area contributed by atoms with Gasteiger partial charge in [0.25, 0.3) is 0 Å². The second kappa shape index (κ2) is 6.52. The van der Waals surface area contributed by atoms with E-state index in [1.54, 1.807) is 7.11 Å². The Bertz CT molecular complexity index is 809. The number of hydrogen-bond donors (Lipinski definition) is 0. The molecule has 0 aromatic heterocycles. The molecule has 0 unspecified atom stereocenters. The molecule has 0 atom stereocenters. The van der Waals surface area contributed by atoms with Crippen molar-refractivity contribution < 1.29 is 4.74 Å². The maximum Gasteiger partial charge on any atom is 0.118 e. The second-order valence-corrected chi connectivity index (χ2v) is 7.10. The average molecular weight is 316 g/mol. The van der Waals surface area contributed by atoms with Crippen LogP contribution in [0.1, 0.15) is 26.3 Å². The summed E-state index contributed by atoms with van der Waals surface area (Å²) in [6, 6.07) is 25.7. The van der Waals surface area contributed by atoms with Gasteiger partial charge in [-0.3, -0.25) is 0 Å². The SMILES string of the molecule is COc1ccc(-c2cc(-c3ccccc3)ccc2C(C)(C)C)cc1. The first-order valence-corrected chi connectivity index (χ1v) is 8.33. The van der Waals surface area contributed by atoms with E-state index in [9.17, 15) is 0 Å². The summed E-state index contributed by atoms with van der Waals surface area (Å²) in [5.41, 5.74) is 6.43. The van der Waals surface area contributed by atoms with Crippen molar-refractivity contribution in [2.75, 3.05) is 7.11 Å². The highest BCUT2D eigenvalue weighted by Crippen LogP contribution is 2.36. The van der Waals surface area contributed by atoms with Crippen molar-refractivity contribution >= 4 is 0 Å². The van der Waals surface area contributed by atoms with Crippen LogP contribution >= 0.6 is 0 Å². The predicted octanol–water partition coefficient (Wildman–Crippen LogP) is 6.33. The largest absolute Gasteiger partial charge is 0.497 e. The minimum absolute atomic E-state index is 0.0878. The van der Waals surface area contributed by atoms with Gasteiger partial charge >= 0.3 is 0 Å². The summed E-state index contributed by atoms with van der Waals surface area (Å²) in [6.45, 7) is 6.78. The molecule has 0 aliphatic carbocycles. The highest BCUT2D eigenvalue weighted by Gasteiger charge is 2.19. The molecule has 0 heterocycles. The Morgan fingerprint density at radius 2 is 1.29 bits per heavy atom. The monoisotopic (exact) mass is 316 g/mol. The zero-order valence-electron chi connectivity index (χ0n) is 14.8. The minimum Gasteiger partial charge on any atom is -0.497 e. The Morgan fingerprint density at radius 1 is 0.667 bits per heavy atom. The van der Waals surface area contributed by atoms with Crippen molar-refractivity contribution in [2.24, 2.45) is 0 Å². The van der Waals surface area contributed by atoms with Gasteiger partial charge in [-0.2, -0.15) is 0 Å². The van der Waals surface area contributed by atoms with E-state index < -0.39 is 0 Å². The van der Waals surface area contributed by atoms with Crippen LogP contribution < -0.4 is 4.74 Å². The van der Waals surface area contributed by atoms with Crippen LogP contribution in [-0.4, -0.2) is 7.11 Å². The Balaban J connectivity index is 2.16. The summed E-state index contributed by atoms with van der Waals surface area (Å²) in [5.74, 6) is 0.885. The molecule has 3 aromatic rings. The molecule has 0 aliphatic rings. The van der Waals surface area contributed by atoms with Gasteiger partial charge < -0.3 is 4.74 Å². The summed E-state index contributed by atoms with van der Waals surface area (Å²) in [4.78, 5) is 0. The van der Waals surface area contributed by atoms with Crippen molar-refractivity contribution in [3.05, 3.63) is 78.4 Å². The molecule has 3 rings (SSSR count). The molecule has 0 saturated heterocycles. The third-order valence-electron chi connectivity index (χ3n) is 4.34. The van der Waals surface area contributed by atoms with Crippen LogP contribution in [0.25, 0.3) is 22.3 Å². The van der Waals surface area contributed by atoms with E-state index >= 15 is 0 Å². The molecular weight excluding hydrogens is 292 g/mol. The van der Waals surface area contributed by atoms with Crippen molar-refractivity contribution in [2.45, 2.75) is 26.2 Å². The molecule has 3 aromatic carbocycles. The molecule has 1 heteroatoms. The first-order valence-electron chi connectivity index (χ1n) is 8.33. The predicted molar refractivity (Wildman–Crippen MR) is 103 cm³/mol. The summed E-state index contributed by atoms with van der Waals surface area (Å²) in [5, 5.41) is 0. The van der Waals surface area contributed by atoms with Gasteiger partial charge in [-0.1, -0.05) is 75.4 Å². The molecule has 1 nitrogen and oxygen atoms in total. The van der Waals surface area contributed by atoms with Gasteiger partial charge in [0.2, 0.25) is 0 Å². The molecule has 0 saturated carbocycles. The normalized spacial score (nSPS) is 11.3. The van der Waals surface area contributed by atoms with Crippen LogP contribution in [0.3, 0.4) is 0 Å². The van der Waals surface area contributed by atoms with E-state index in [4.69, 9.17) is 4.74 Å². The average Bonchev–Trinajstić information content (AvgIpc) is 2.61. The highest BCUT2D eigenvalue weighted by molar-refractivity contribution is 5.76. The first-order chi connectivity index (χ1) is 11.5. The van der Waals surface area contributed by atoms with E-state index in [0.717, 1.165) is 5.75 Å². The van der Waals surface area contributed by atoms with Crippen LogP contribution in [0.2, 0.25) is 0 Å². The van der Waals surface area contributed by atoms with Gasteiger partial charge in [-0.25, -0.2) is 0 Å². The van der Waals surface area contributed by atoms with Crippen LogP contribution in [0.15, 0.2) is 72.8 Å². The minimum atomic E-state index is 0.0878. The second-order valence-electron chi connectivity index (χ2n) is 7.10. The van der Waals surface area contributed by atoms with E-state index in [1.807, 2.05) is 12.1 Å². The number of rotatable bonds is 3. The molecule has 0 amide bonds. The van der Waals surface area contributed by atoms with Gasteiger partial charge in [-0.05, 0) is 51.4 Å². The van der Waals surface area contributed by atoms with E-state index in [-0.39, 0.29) is 5.41 Å². The molecule has 0 bridgehead atoms. The molecule has 0 fully saturated rings. The Labute approximate surface area is 144 Å². The lowest BCUT2D eigenvalue weighted by atomic mass is 9.80. The van der Waals surface area contributed by atoms with Crippen LogP contribution in [0.5, 0.6) is 5.75 Å². The molecule has 0 aliphatic heterocycles. The lowest BCUT2D eigenvalue weighted by Crippen LogP contribution is -2.12.